The highest BCUT2D eigenvalue weighted by atomic mass is 79.9. The van der Waals surface area contributed by atoms with Gasteiger partial charge in [-0.3, -0.25) is 0 Å². The van der Waals surface area contributed by atoms with Crippen LogP contribution in [-0.4, -0.2) is 26.0 Å². The van der Waals surface area contributed by atoms with Crippen molar-refractivity contribution in [1.29, 1.82) is 0 Å². The Morgan fingerprint density at radius 2 is 2.24 bits per heavy atom. The fraction of sp³-hybridized carbons (Fsp3) is 0.600. The van der Waals surface area contributed by atoms with Crippen molar-refractivity contribution in [2.24, 2.45) is 0 Å². The van der Waals surface area contributed by atoms with Crippen molar-refractivity contribution >= 4 is 49.1 Å². The molecule has 7 heteroatoms. The Balaban J connectivity index is 2.09. The molecule has 0 bridgehead atoms. The van der Waals surface area contributed by atoms with Crippen LogP contribution in [0.25, 0.3) is 0 Å². The van der Waals surface area contributed by atoms with Crippen molar-refractivity contribution in [2.75, 3.05) is 12.8 Å². The van der Waals surface area contributed by atoms with Crippen molar-refractivity contribution in [2.45, 2.75) is 28.7 Å². The zero-order chi connectivity index (χ0) is 12.7. The molecule has 1 aromatic heterocycles. The predicted molar refractivity (Wildman–Crippen MR) is 77.4 cm³/mol. The average Bonchev–Trinajstić information content (AvgIpc) is 2.99. The van der Waals surface area contributed by atoms with Gasteiger partial charge in [0, 0.05) is 11.3 Å². The average molecular weight is 356 g/mol. The first kappa shape index (κ1) is 13.9. The van der Waals surface area contributed by atoms with Crippen molar-refractivity contribution in [3.63, 3.8) is 0 Å². The molecule has 0 atom stereocenters. The molecule has 0 saturated heterocycles. The molecule has 96 valence electrons. The smallest absolute Gasteiger partial charge is 0.209 e. The van der Waals surface area contributed by atoms with E-state index in [2.05, 4.69) is 20.7 Å². The second kappa shape index (κ2) is 4.85. The van der Waals surface area contributed by atoms with E-state index < -0.39 is 10.0 Å². The quantitative estimate of drug-likeness (QED) is 0.882. The van der Waals surface area contributed by atoms with Crippen LogP contribution in [0.4, 0.5) is 0 Å². The van der Waals surface area contributed by atoms with E-state index >= 15 is 0 Å². The van der Waals surface area contributed by atoms with Gasteiger partial charge >= 0.3 is 0 Å². The molecule has 1 N–H and O–H groups in total. The maximum atomic E-state index is 12.1. The number of hydrogen-bond donors (Lipinski definition) is 1. The maximum Gasteiger partial charge on any atom is 0.250 e. The number of rotatable bonds is 5. The van der Waals surface area contributed by atoms with Crippen LogP contribution in [0, 0.1) is 6.92 Å². The lowest BCUT2D eigenvalue weighted by atomic mass is 10.4. The van der Waals surface area contributed by atoms with Gasteiger partial charge in [-0.2, -0.15) is 11.8 Å². The molecular weight excluding hydrogens is 342 g/mol. The Hall–Kier alpha value is 0.440. The highest BCUT2D eigenvalue weighted by Crippen LogP contribution is 2.46. The highest BCUT2D eigenvalue weighted by molar-refractivity contribution is 9.11. The molecule has 0 aliphatic heterocycles. The van der Waals surface area contributed by atoms with Crippen LogP contribution in [0.5, 0.6) is 0 Å². The summed E-state index contributed by atoms with van der Waals surface area (Å²) in [5, 5.41) is 0. The molecule has 1 heterocycles. The fourth-order valence-electron chi connectivity index (χ4n) is 1.45. The van der Waals surface area contributed by atoms with Gasteiger partial charge in [-0.05, 0) is 53.6 Å². The number of sulfonamides is 1. The van der Waals surface area contributed by atoms with Crippen LogP contribution in [0.3, 0.4) is 0 Å². The molecule has 2 rings (SSSR count). The van der Waals surface area contributed by atoms with Gasteiger partial charge < -0.3 is 0 Å². The normalized spacial score (nSPS) is 18.3. The zero-order valence-electron chi connectivity index (χ0n) is 9.62. The Labute approximate surface area is 119 Å². The van der Waals surface area contributed by atoms with Crippen LogP contribution in [0.2, 0.25) is 0 Å². The van der Waals surface area contributed by atoms with Gasteiger partial charge in [0.05, 0.1) is 3.79 Å². The van der Waals surface area contributed by atoms with Gasteiger partial charge in [-0.15, -0.1) is 11.3 Å². The lowest BCUT2D eigenvalue weighted by Crippen LogP contribution is -2.31. The van der Waals surface area contributed by atoms with Gasteiger partial charge in [0.15, 0.2) is 0 Å². The van der Waals surface area contributed by atoms with Crippen LogP contribution < -0.4 is 4.72 Å². The molecular formula is C10H14BrNO2S3. The molecule has 0 spiro atoms. The first-order valence-electron chi connectivity index (χ1n) is 5.19. The van der Waals surface area contributed by atoms with Gasteiger partial charge in [-0.25, -0.2) is 13.1 Å². The second-order valence-corrected chi connectivity index (χ2v) is 9.87. The second-order valence-electron chi connectivity index (χ2n) is 4.23. The van der Waals surface area contributed by atoms with Crippen LogP contribution >= 0.6 is 39.0 Å². The SMILES string of the molecule is CSC1(CNS(=O)(=O)c2cc(C)c(Br)s2)CC1. The summed E-state index contributed by atoms with van der Waals surface area (Å²) in [4.78, 5) is 0. The summed E-state index contributed by atoms with van der Waals surface area (Å²) < 4.78 is 28.2. The Morgan fingerprint density at radius 3 is 2.65 bits per heavy atom. The highest BCUT2D eigenvalue weighted by Gasteiger charge is 2.42. The van der Waals surface area contributed by atoms with Crippen LogP contribution in [0.15, 0.2) is 14.1 Å². The molecule has 0 unspecified atom stereocenters. The molecule has 1 fully saturated rings. The molecule has 1 saturated carbocycles. The van der Waals surface area contributed by atoms with E-state index in [1.807, 2.05) is 13.2 Å². The van der Waals surface area contributed by atoms with Crippen molar-refractivity contribution in [3.05, 3.63) is 15.4 Å². The minimum absolute atomic E-state index is 0.149. The summed E-state index contributed by atoms with van der Waals surface area (Å²) in [6.07, 6.45) is 4.24. The topological polar surface area (TPSA) is 46.2 Å². The van der Waals surface area contributed by atoms with Gasteiger partial charge in [0.1, 0.15) is 4.21 Å². The minimum Gasteiger partial charge on any atom is -0.209 e. The predicted octanol–water partition coefficient (Wildman–Crippen LogP) is 2.99. The van der Waals surface area contributed by atoms with Crippen molar-refractivity contribution in [3.8, 4) is 0 Å². The summed E-state index contributed by atoms with van der Waals surface area (Å²) in [6.45, 7) is 2.43. The molecule has 1 aromatic rings. The zero-order valence-corrected chi connectivity index (χ0v) is 13.7. The fourth-order valence-corrected chi connectivity index (χ4v) is 5.67. The number of halogens is 1. The van der Waals surface area contributed by atoms with E-state index in [9.17, 15) is 8.42 Å². The largest absolute Gasteiger partial charge is 0.250 e. The van der Waals surface area contributed by atoms with E-state index in [0.717, 1.165) is 22.2 Å². The molecule has 0 aromatic carbocycles. The number of thiophene rings is 1. The maximum absolute atomic E-state index is 12.1. The monoisotopic (exact) mass is 355 g/mol. The third kappa shape index (κ3) is 3.07. The minimum atomic E-state index is -3.34. The first-order chi connectivity index (χ1) is 7.88. The first-order valence-corrected chi connectivity index (χ1v) is 9.51. The van der Waals surface area contributed by atoms with Crippen molar-refractivity contribution < 1.29 is 8.42 Å². The summed E-state index contributed by atoms with van der Waals surface area (Å²) in [5.41, 5.74) is 0.960. The molecule has 3 nitrogen and oxygen atoms in total. The molecule has 1 aliphatic rings. The van der Waals surface area contributed by atoms with Crippen molar-refractivity contribution in [1.82, 2.24) is 4.72 Å². The lowest BCUT2D eigenvalue weighted by molar-refractivity contribution is 0.582. The number of hydrogen-bond acceptors (Lipinski definition) is 4. The van der Waals surface area contributed by atoms with Gasteiger partial charge in [0.25, 0.3) is 0 Å². The molecule has 0 amide bonds. The van der Waals surface area contributed by atoms with Gasteiger partial charge in [0.2, 0.25) is 10.0 Å². The Morgan fingerprint density at radius 1 is 1.59 bits per heavy atom. The lowest BCUT2D eigenvalue weighted by Gasteiger charge is -2.12. The van der Waals surface area contributed by atoms with Crippen LogP contribution in [0.1, 0.15) is 18.4 Å². The standard InChI is InChI=1S/C10H14BrNO2S3/c1-7-5-8(16-9(7)11)17(13,14)12-6-10(15-2)3-4-10/h5,12H,3-4,6H2,1-2H3. The summed E-state index contributed by atoms with van der Waals surface area (Å²) in [6, 6.07) is 1.70. The Kier molecular flexibility index (Phi) is 3.95. The third-order valence-electron chi connectivity index (χ3n) is 2.92. The number of nitrogens with one attached hydrogen (secondary N) is 1. The van der Waals surface area contributed by atoms with E-state index in [-0.39, 0.29) is 4.75 Å². The Bertz CT molecular complexity index is 500. The van der Waals surface area contributed by atoms with E-state index in [4.69, 9.17) is 0 Å². The van der Waals surface area contributed by atoms with E-state index in [1.165, 1.54) is 11.3 Å². The number of aryl methyl sites for hydroxylation is 1. The third-order valence-corrected chi connectivity index (χ3v) is 8.35. The summed E-state index contributed by atoms with van der Waals surface area (Å²) in [5.74, 6) is 0. The van der Waals surface area contributed by atoms with E-state index in [0.29, 0.717) is 10.8 Å². The molecule has 17 heavy (non-hydrogen) atoms. The summed E-state index contributed by atoms with van der Waals surface area (Å²) in [7, 11) is -3.34. The molecule has 0 radical (unpaired) electrons. The number of thioether (sulfide) groups is 1. The van der Waals surface area contributed by atoms with E-state index in [1.54, 1.807) is 17.8 Å². The van der Waals surface area contributed by atoms with Crippen LogP contribution in [-0.2, 0) is 10.0 Å². The van der Waals surface area contributed by atoms with Gasteiger partial charge in [-0.1, -0.05) is 0 Å². The summed E-state index contributed by atoms with van der Waals surface area (Å²) >= 11 is 6.36. The molecule has 1 aliphatic carbocycles.